The van der Waals surface area contributed by atoms with Crippen LogP contribution in [0.1, 0.15) is 87.0 Å². The third kappa shape index (κ3) is 3.82. The molecule has 0 aliphatic heterocycles. The molecule has 0 radical (unpaired) electrons. The average molecular weight is 517 g/mol. The summed E-state index contributed by atoms with van der Waals surface area (Å²) in [5, 5.41) is 43.2. The monoisotopic (exact) mass is 516 g/mol. The predicted molar refractivity (Wildman–Crippen MR) is 138 cm³/mol. The lowest BCUT2D eigenvalue weighted by atomic mass is 9.42. The Hall–Kier alpha value is -1.83. The number of aliphatic hydroxyl groups is 3. The van der Waals surface area contributed by atoms with Gasteiger partial charge in [-0.15, -0.1) is 0 Å². The molecule has 9 atom stereocenters. The standard InChI is InChI=1S/C30H44O7/c1-15(10-17(31)11-16(2)26(36)37)18-12-23(35)30(7)25-19(32)13-21-27(3,4)22(34)8-9-28(21,5)24(25)20(33)14-29(18,30)6/h10,16,18-19,21-23,32,34-35H,8-9,11-14H2,1-7H3,(H,36,37)/b15-10-/t16-,18-,19+,21+,22+,23?,28+,29-,30+/m1/s1. The van der Waals surface area contributed by atoms with Crippen LogP contribution < -0.4 is 0 Å². The van der Waals surface area contributed by atoms with Gasteiger partial charge in [0.15, 0.2) is 11.6 Å². The van der Waals surface area contributed by atoms with Gasteiger partial charge in [0.2, 0.25) is 0 Å². The van der Waals surface area contributed by atoms with Gasteiger partial charge in [0.1, 0.15) is 0 Å². The summed E-state index contributed by atoms with van der Waals surface area (Å²) in [5.41, 5.74) is -0.477. The van der Waals surface area contributed by atoms with E-state index in [1.807, 2.05) is 34.6 Å². The molecular formula is C30H44O7. The number of ketones is 2. The first-order chi connectivity index (χ1) is 16.9. The molecule has 0 bridgehead atoms. The van der Waals surface area contributed by atoms with Crippen molar-refractivity contribution in [1.82, 2.24) is 0 Å². The van der Waals surface area contributed by atoms with Gasteiger partial charge in [0.25, 0.3) is 0 Å². The second-order valence-corrected chi connectivity index (χ2v) is 13.7. The number of aliphatic carboxylic acids is 1. The van der Waals surface area contributed by atoms with Crippen molar-refractivity contribution in [1.29, 1.82) is 0 Å². The highest BCUT2D eigenvalue weighted by molar-refractivity contribution is 6.00. The zero-order valence-electron chi connectivity index (χ0n) is 23.3. The van der Waals surface area contributed by atoms with Crippen LogP contribution in [0.4, 0.5) is 0 Å². The Balaban J connectivity index is 1.79. The topological polar surface area (TPSA) is 132 Å². The van der Waals surface area contributed by atoms with Crippen LogP contribution in [0.5, 0.6) is 0 Å². The lowest BCUT2D eigenvalue weighted by molar-refractivity contribution is -0.142. The zero-order chi connectivity index (χ0) is 27.9. The summed E-state index contributed by atoms with van der Waals surface area (Å²) < 4.78 is 0. The smallest absolute Gasteiger partial charge is 0.306 e. The molecule has 0 amide bonds. The van der Waals surface area contributed by atoms with Gasteiger partial charge in [0, 0.05) is 23.8 Å². The van der Waals surface area contributed by atoms with Crippen LogP contribution in [0.2, 0.25) is 0 Å². The normalized spacial score (nSPS) is 44.1. The summed E-state index contributed by atoms with van der Waals surface area (Å²) in [5.74, 6) is -2.44. The molecule has 4 N–H and O–H groups in total. The van der Waals surface area contributed by atoms with Gasteiger partial charge in [-0.2, -0.15) is 0 Å². The zero-order valence-corrected chi connectivity index (χ0v) is 23.3. The number of allylic oxidation sites excluding steroid dienone is 3. The first-order valence-electron chi connectivity index (χ1n) is 13.7. The first kappa shape index (κ1) is 28.2. The number of fused-ring (bicyclic) bond motifs is 4. The van der Waals surface area contributed by atoms with Crippen LogP contribution >= 0.6 is 0 Å². The van der Waals surface area contributed by atoms with E-state index in [2.05, 4.69) is 6.92 Å². The number of aliphatic hydroxyl groups excluding tert-OH is 3. The van der Waals surface area contributed by atoms with Crippen LogP contribution in [-0.2, 0) is 14.4 Å². The van der Waals surface area contributed by atoms with Gasteiger partial charge in [-0.25, -0.2) is 0 Å². The van der Waals surface area contributed by atoms with Gasteiger partial charge in [-0.05, 0) is 72.3 Å². The highest BCUT2D eigenvalue weighted by Crippen LogP contribution is 2.71. The summed E-state index contributed by atoms with van der Waals surface area (Å²) in [7, 11) is 0. The molecule has 7 nitrogen and oxygen atoms in total. The fourth-order valence-electron chi connectivity index (χ4n) is 8.96. The van der Waals surface area contributed by atoms with Crippen molar-refractivity contribution in [3.63, 3.8) is 0 Å². The van der Waals surface area contributed by atoms with E-state index in [9.17, 15) is 29.7 Å². The quantitative estimate of drug-likeness (QED) is 0.408. The highest BCUT2D eigenvalue weighted by atomic mass is 16.4. The third-order valence-electron chi connectivity index (χ3n) is 11.4. The third-order valence-corrected chi connectivity index (χ3v) is 11.4. The van der Waals surface area contributed by atoms with Gasteiger partial charge in [-0.1, -0.05) is 47.1 Å². The molecule has 4 aliphatic rings. The van der Waals surface area contributed by atoms with Crippen LogP contribution in [0, 0.1) is 39.4 Å². The van der Waals surface area contributed by atoms with Crippen LogP contribution in [-0.4, -0.2) is 56.3 Å². The van der Waals surface area contributed by atoms with Crippen molar-refractivity contribution in [2.24, 2.45) is 39.4 Å². The number of Topliss-reactive ketones (excluding diaryl/α,β-unsaturated/α-hetero) is 1. The Morgan fingerprint density at radius 2 is 1.68 bits per heavy atom. The van der Waals surface area contributed by atoms with E-state index < -0.39 is 51.9 Å². The van der Waals surface area contributed by atoms with Crippen molar-refractivity contribution < 1.29 is 34.8 Å². The number of rotatable bonds is 5. The van der Waals surface area contributed by atoms with E-state index in [4.69, 9.17) is 5.11 Å². The minimum absolute atomic E-state index is 0.00820. The molecule has 0 aromatic rings. The molecule has 0 spiro atoms. The Kier molecular flexibility index (Phi) is 6.74. The minimum Gasteiger partial charge on any atom is -0.481 e. The van der Waals surface area contributed by atoms with Crippen LogP contribution in [0.3, 0.4) is 0 Å². The van der Waals surface area contributed by atoms with Crippen molar-refractivity contribution in [3.05, 3.63) is 22.8 Å². The SMILES string of the molecule is C/C(=C/C(=O)C[C@@H](C)C(=O)O)[C@H]1CC(O)[C@@]2(C)C3=C(C(=O)C[C@]12C)[C@@]1(C)CC[C@H](O)C(C)(C)[C@@H]1C[C@@H]3O. The van der Waals surface area contributed by atoms with E-state index in [0.717, 1.165) is 5.57 Å². The molecule has 0 heterocycles. The fraction of sp³-hybridized carbons (Fsp3) is 0.767. The number of carbonyl (C=O) groups is 3. The molecule has 4 aliphatic carbocycles. The number of carboxylic acid groups (broad SMARTS) is 1. The summed E-state index contributed by atoms with van der Waals surface area (Å²) in [4.78, 5) is 37.9. The number of carboxylic acids is 1. The van der Waals surface area contributed by atoms with E-state index in [-0.39, 0.29) is 36.2 Å². The van der Waals surface area contributed by atoms with Crippen molar-refractivity contribution in [3.8, 4) is 0 Å². The van der Waals surface area contributed by atoms with Crippen LogP contribution in [0.15, 0.2) is 22.8 Å². The summed E-state index contributed by atoms with van der Waals surface area (Å²) in [6.45, 7) is 13.4. The fourth-order valence-corrected chi connectivity index (χ4v) is 8.96. The maximum atomic E-state index is 14.1. The highest BCUT2D eigenvalue weighted by Gasteiger charge is 2.69. The van der Waals surface area contributed by atoms with Crippen molar-refractivity contribution in [2.45, 2.75) is 105 Å². The Bertz CT molecular complexity index is 1090. The van der Waals surface area contributed by atoms with Gasteiger partial charge in [0.05, 0.1) is 24.2 Å². The maximum Gasteiger partial charge on any atom is 0.306 e. The second kappa shape index (κ2) is 8.85. The average Bonchev–Trinajstić information content (AvgIpc) is 2.99. The van der Waals surface area contributed by atoms with Gasteiger partial charge < -0.3 is 20.4 Å². The largest absolute Gasteiger partial charge is 0.481 e. The molecule has 37 heavy (non-hydrogen) atoms. The summed E-state index contributed by atoms with van der Waals surface area (Å²) in [6.07, 6.45) is 1.39. The molecule has 0 saturated heterocycles. The molecule has 206 valence electrons. The Morgan fingerprint density at radius 3 is 2.27 bits per heavy atom. The molecule has 2 fully saturated rings. The number of carbonyl (C=O) groups excluding carboxylic acids is 2. The number of hydrogen-bond acceptors (Lipinski definition) is 6. The molecular weight excluding hydrogens is 472 g/mol. The first-order valence-corrected chi connectivity index (χ1v) is 13.7. The van der Waals surface area contributed by atoms with Gasteiger partial charge in [-0.3, -0.25) is 14.4 Å². The minimum atomic E-state index is -1.02. The predicted octanol–water partition coefficient (Wildman–Crippen LogP) is 3.84. The van der Waals surface area contributed by atoms with Crippen molar-refractivity contribution >= 4 is 17.5 Å². The lowest BCUT2D eigenvalue weighted by Gasteiger charge is -2.62. The molecule has 4 rings (SSSR count). The number of hydrogen-bond donors (Lipinski definition) is 4. The van der Waals surface area contributed by atoms with E-state index in [1.165, 1.54) is 13.0 Å². The molecule has 1 unspecified atom stereocenters. The molecule has 7 heteroatoms. The Labute approximate surface area is 220 Å². The van der Waals surface area contributed by atoms with Crippen molar-refractivity contribution in [2.75, 3.05) is 0 Å². The van der Waals surface area contributed by atoms with E-state index in [1.54, 1.807) is 0 Å². The summed E-state index contributed by atoms with van der Waals surface area (Å²) >= 11 is 0. The lowest BCUT2D eigenvalue weighted by Crippen LogP contribution is -2.60. The molecule has 2 saturated carbocycles. The van der Waals surface area contributed by atoms with E-state index >= 15 is 0 Å². The Morgan fingerprint density at radius 1 is 1.05 bits per heavy atom. The molecule has 0 aromatic carbocycles. The van der Waals surface area contributed by atoms with E-state index in [0.29, 0.717) is 36.8 Å². The summed E-state index contributed by atoms with van der Waals surface area (Å²) in [6, 6.07) is 0. The second-order valence-electron chi connectivity index (χ2n) is 13.7. The molecule has 0 aromatic heterocycles. The van der Waals surface area contributed by atoms with Crippen LogP contribution in [0.25, 0.3) is 0 Å². The maximum absolute atomic E-state index is 14.1. The van der Waals surface area contributed by atoms with Gasteiger partial charge >= 0.3 is 5.97 Å².